The number of benzene rings is 1. The first-order chi connectivity index (χ1) is 12.7. The summed E-state index contributed by atoms with van der Waals surface area (Å²) in [6.45, 7) is 1.74. The molecule has 0 saturated carbocycles. The smallest absolute Gasteiger partial charge is 0.251 e. The highest BCUT2D eigenvalue weighted by Crippen LogP contribution is 2.27. The molecular weight excluding hydrogens is 334 g/mol. The van der Waals surface area contributed by atoms with Crippen LogP contribution in [0.2, 0.25) is 0 Å². The average molecular weight is 359 g/mol. The van der Waals surface area contributed by atoms with Gasteiger partial charge in [0, 0.05) is 38.6 Å². The first kappa shape index (κ1) is 19.5. The zero-order chi connectivity index (χ0) is 18.8. The molecule has 1 heterocycles. The Morgan fingerprint density at radius 2 is 1.88 bits per heavy atom. The van der Waals surface area contributed by atoms with Crippen molar-refractivity contribution in [3.63, 3.8) is 0 Å². The molecule has 0 radical (unpaired) electrons. The summed E-state index contributed by atoms with van der Waals surface area (Å²) in [5.74, 6) is 1.85. The van der Waals surface area contributed by atoms with Crippen molar-refractivity contribution in [3.05, 3.63) is 47.7 Å². The second-order valence-electron chi connectivity index (χ2n) is 5.57. The van der Waals surface area contributed by atoms with E-state index in [0.29, 0.717) is 42.6 Å². The van der Waals surface area contributed by atoms with E-state index in [1.807, 2.05) is 18.2 Å². The normalized spacial score (nSPS) is 10.3. The number of hydrogen-bond donors (Lipinski definition) is 2. The van der Waals surface area contributed by atoms with Crippen molar-refractivity contribution in [2.75, 3.05) is 39.8 Å². The fourth-order valence-corrected chi connectivity index (χ4v) is 2.37. The predicted molar refractivity (Wildman–Crippen MR) is 99.9 cm³/mol. The molecule has 0 aliphatic heterocycles. The van der Waals surface area contributed by atoms with Crippen molar-refractivity contribution in [1.29, 1.82) is 0 Å². The number of carbonyl (C=O) groups excluding carboxylic acids is 1. The molecule has 0 fully saturated rings. The van der Waals surface area contributed by atoms with E-state index in [-0.39, 0.29) is 5.91 Å². The van der Waals surface area contributed by atoms with E-state index in [0.717, 1.165) is 12.0 Å². The third-order valence-corrected chi connectivity index (χ3v) is 3.75. The maximum Gasteiger partial charge on any atom is 0.251 e. The molecule has 2 rings (SSSR count). The molecule has 0 unspecified atom stereocenters. The third kappa shape index (κ3) is 5.63. The van der Waals surface area contributed by atoms with Crippen LogP contribution in [0.15, 0.2) is 36.5 Å². The van der Waals surface area contributed by atoms with Crippen molar-refractivity contribution in [2.24, 2.45) is 0 Å². The Morgan fingerprint density at radius 1 is 1.08 bits per heavy atom. The van der Waals surface area contributed by atoms with Crippen LogP contribution in [-0.2, 0) is 11.3 Å². The molecule has 7 heteroatoms. The van der Waals surface area contributed by atoms with Crippen LogP contribution in [0.25, 0.3) is 0 Å². The van der Waals surface area contributed by atoms with Gasteiger partial charge in [-0.1, -0.05) is 6.07 Å². The number of nitrogens with zero attached hydrogens (tertiary/aromatic N) is 1. The highest BCUT2D eigenvalue weighted by molar-refractivity contribution is 5.94. The first-order valence-corrected chi connectivity index (χ1v) is 8.36. The number of carbonyl (C=O) groups is 1. The summed E-state index contributed by atoms with van der Waals surface area (Å²) in [6.07, 6.45) is 2.39. The number of anilines is 1. The number of aromatic nitrogens is 1. The SMILES string of the molecule is COCCCNC(=O)c1ccnc(NCc2ccc(OC)c(OC)c2)c1. The number of rotatable bonds is 10. The van der Waals surface area contributed by atoms with Gasteiger partial charge in [0.25, 0.3) is 5.91 Å². The molecule has 0 aliphatic rings. The molecule has 0 bridgehead atoms. The van der Waals surface area contributed by atoms with Crippen molar-refractivity contribution >= 4 is 11.7 Å². The van der Waals surface area contributed by atoms with Gasteiger partial charge < -0.3 is 24.8 Å². The van der Waals surface area contributed by atoms with E-state index in [2.05, 4.69) is 15.6 Å². The summed E-state index contributed by atoms with van der Waals surface area (Å²) < 4.78 is 15.5. The van der Waals surface area contributed by atoms with Gasteiger partial charge in [0.15, 0.2) is 11.5 Å². The highest BCUT2D eigenvalue weighted by atomic mass is 16.5. The Kier molecular flexibility index (Phi) is 7.70. The lowest BCUT2D eigenvalue weighted by atomic mass is 10.2. The molecule has 2 N–H and O–H groups in total. The van der Waals surface area contributed by atoms with Crippen LogP contribution >= 0.6 is 0 Å². The lowest BCUT2D eigenvalue weighted by Gasteiger charge is -2.11. The van der Waals surface area contributed by atoms with Crippen molar-refractivity contribution < 1.29 is 19.0 Å². The molecule has 140 valence electrons. The minimum absolute atomic E-state index is 0.127. The molecule has 1 aromatic carbocycles. The summed E-state index contributed by atoms with van der Waals surface area (Å²) in [7, 11) is 4.85. The van der Waals surface area contributed by atoms with Crippen LogP contribution in [0.5, 0.6) is 11.5 Å². The van der Waals surface area contributed by atoms with Crippen LogP contribution in [0, 0.1) is 0 Å². The summed E-state index contributed by atoms with van der Waals surface area (Å²) >= 11 is 0. The van der Waals surface area contributed by atoms with Gasteiger partial charge in [0.05, 0.1) is 14.2 Å². The molecule has 7 nitrogen and oxygen atoms in total. The van der Waals surface area contributed by atoms with Crippen molar-refractivity contribution in [3.8, 4) is 11.5 Å². The number of pyridine rings is 1. The minimum Gasteiger partial charge on any atom is -0.493 e. The van der Waals surface area contributed by atoms with E-state index in [9.17, 15) is 4.79 Å². The maximum absolute atomic E-state index is 12.2. The van der Waals surface area contributed by atoms with E-state index in [4.69, 9.17) is 14.2 Å². The lowest BCUT2D eigenvalue weighted by molar-refractivity contribution is 0.0948. The average Bonchev–Trinajstić information content (AvgIpc) is 2.69. The Balaban J connectivity index is 1.95. The number of methoxy groups -OCH3 is 3. The second kappa shape index (κ2) is 10.2. The topological polar surface area (TPSA) is 81.7 Å². The van der Waals surface area contributed by atoms with Gasteiger partial charge in [-0.25, -0.2) is 4.98 Å². The quantitative estimate of drug-likeness (QED) is 0.634. The van der Waals surface area contributed by atoms with E-state index in [1.165, 1.54) is 0 Å². The van der Waals surface area contributed by atoms with Gasteiger partial charge in [-0.3, -0.25) is 4.79 Å². The molecule has 0 spiro atoms. The second-order valence-corrected chi connectivity index (χ2v) is 5.57. The molecule has 1 aromatic heterocycles. The predicted octanol–water partition coefficient (Wildman–Crippen LogP) is 2.48. The van der Waals surface area contributed by atoms with Gasteiger partial charge in [-0.2, -0.15) is 0 Å². The fraction of sp³-hybridized carbons (Fsp3) is 0.368. The van der Waals surface area contributed by atoms with Crippen LogP contribution in [-0.4, -0.2) is 45.4 Å². The number of amides is 1. The minimum atomic E-state index is -0.127. The van der Waals surface area contributed by atoms with E-state index < -0.39 is 0 Å². The van der Waals surface area contributed by atoms with Gasteiger partial charge in [0.2, 0.25) is 0 Å². The van der Waals surface area contributed by atoms with Crippen LogP contribution in [0.1, 0.15) is 22.3 Å². The monoisotopic (exact) mass is 359 g/mol. The van der Waals surface area contributed by atoms with E-state index >= 15 is 0 Å². The Labute approximate surface area is 153 Å². The van der Waals surface area contributed by atoms with Gasteiger partial charge in [-0.15, -0.1) is 0 Å². The molecule has 0 atom stereocenters. The molecular formula is C19H25N3O4. The number of nitrogens with one attached hydrogen (secondary N) is 2. The third-order valence-electron chi connectivity index (χ3n) is 3.75. The van der Waals surface area contributed by atoms with E-state index in [1.54, 1.807) is 39.7 Å². The standard InChI is InChI=1S/C19H25N3O4/c1-24-10-4-8-21-19(23)15-7-9-20-18(12-15)22-13-14-5-6-16(25-2)17(11-14)26-3/h5-7,9,11-12H,4,8,10,13H2,1-3H3,(H,20,22)(H,21,23). The van der Waals surface area contributed by atoms with Crippen molar-refractivity contribution in [2.45, 2.75) is 13.0 Å². The zero-order valence-electron chi connectivity index (χ0n) is 15.4. The van der Waals surface area contributed by atoms with Crippen molar-refractivity contribution in [1.82, 2.24) is 10.3 Å². The van der Waals surface area contributed by atoms with Gasteiger partial charge in [-0.05, 0) is 36.2 Å². The molecule has 0 saturated heterocycles. The molecule has 0 aliphatic carbocycles. The van der Waals surface area contributed by atoms with Crippen LogP contribution in [0.4, 0.5) is 5.82 Å². The zero-order valence-corrected chi connectivity index (χ0v) is 15.4. The van der Waals surface area contributed by atoms with Gasteiger partial charge in [0.1, 0.15) is 5.82 Å². The fourth-order valence-electron chi connectivity index (χ4n) is 2.37. The Hall–Kier alpha value is -2.80. The number of ether oxygens (including phenoxy) is 3. The summed E-state index contributed by atoms with van der Waals surface area (Å²) in [5, 5.41) is 6.07. The molecule has 2 aromatic rings. The Bertz CT molecular complexity index is 722. The molecule has 1 amide bonds. The first-order valence-electron chi connectivity index (χ1n) is 8.36. The maximum atomic E-state index is 12.2. The summed E-state index contributed by atoms with van der Waals surface area (Å²) in [5.41, 5.74) is 1.58. The molecule has 26 heavy (non-hydrogen) atoms. The summed E-state index contributed by atoms with van der Waals surface area (Å²) in [4.78, 5) is 16.4. The number of hydrogen-bond acceptors (Lipinski definition) is 6. The summed E-state index contributed by atoms with van der Waals surface area (Å²) in [6, 6.07) is 9.12. The largest absolute Gasteiger partial charge is 0.493 e. The Morgan fingerprint density at radius 3 is 2.62 bits per heavy atom. The highest BCUT2D eigenvalue weighted by Gasteiger charge is 2.08. The van der Waals surface area contributed by atoms with Crippen LogP contribution < -0.4 is 20.1 Å². The van der Waals surface area contributed by atoms with Crippen LogP contribution in [0.3, 0.4) is 0 Å². The lowest BCUT2D eigenvalue weighted by Crippen LogP contribution is -2.25. The van der Waals surface area contributed by atoms with Gasteiger partial charge >= 0.3 is 0 Å².